The zero-order valence-corrected chi connectivity index (χ0v) is 18.7. The number of nitrogen functional groups attached to an aromatic ring is 1. The maximum atomic E-state index is 9.61. The third kappa shape index (κ3) is 4.39. The number of benzene rings is 1. The smallest absolute Gasteiger partial charge is 0.193 e. The lowest BCUT2D eigenvalue weighted by atomic mass is 9.68. The third-order valence-corrected chi connectivity index (χ3v) is 6.70. The molecule has 2 aliphatic rings. The monoisotopic (exact) mass is 419 g/mol. The van der Waals surface area contributed by atoms with Gasteiger partial charge in [-0.25, -0.2) is 4.68 Å². The molecule has 0 amide bonds. The molecule has 7 nitrogen and oxygen atoms in total. The van der Waals surface area contributed by atoms with Crippen LogP contribution in [0.4, 0.5) is 5.82 Å². The summed E-state index contributed by atoms with van der Waals surface area (Å²) in [7, 11) is 0. The Morgan fingerprint density at radius 3 is 2.68 bits per heavy atom. The fourth-order valence-corrected chi connectivity index (χ4v) is 4.72. The molecule has 1 saturated heterocycles. The van der Waals surface area contributed by atoms with E-state index in [0.717, 1.165) is 43.4 Å². The average Bonchev–Trinajstić information content (AvgIpc) is 3.33. The molecule has 1 spiro atoms. The van der Waals surface area contributed by atoms with Crippen LogP contribution in [-0.4, -0.2) is 46.8 Å². The van der Waals surface area contributed by atoms with Gasteiger partial charge < -0.3 is 16.0 Å². The van der Waals surface area contributed by atoms with E-state index in [9.17, 15) is 5.26 Å². The first-order chi connectivity index (χ1) is 15.0. The summed E-state index contributed by atoms with van der Waals surface area (Å²) in [5.41, 5.74) is 10.1. The van der Waals surface area contributed by atoms with Crippen molar-refractivity contribution < 1.29 is 0 Å². The number of nitrogens with zero attached hydrogens (tertiary/aromatic N) is 5. The Morgan fingerprint density at radius 1 is 1.29 bits per heavy atom. The van der Waals surface area contributed by atoms with Crippen molar-refractivity contribution in [3.8, 4) is 11.8 Å². The summed E-state index contributed by atoms with van der Waals surface area (Å²) in [4.78, 5) is 7.29. The molecule has 1 aliphatic heterocycles. The van der Waals surface area contributed by atoms with Crippen LogP contribution in [0.1, 0.15) is 55.8 Å². The zero-order chi connectivity index (χ0) is 21.8. The number of guanidine groups is 1. The van der Waals surface area contributed by atoms with E-state index < -0.39 is 0 Å². The Labute approximate surface area is 184 Å². The first kappa shape index (κ1) is 21.2. The van der Waals surface area contributed by atoms with Gasteiger partial charge in [0.15, 0.2) is 5.96 Å². The molecule has 1 saturated carbocycles. The highest BCUT2D eigenvalue weighted by Gasteiger charge is 2.43. The van der Waals surface area contributed by atoms with Gasteiger partial charge in [0.25, 0.3) is 0 Å². The summed E-state index contributed by atoms with van der Waals surface area (Å²) in [6.07, 6.45) is 6.90. The SMILES string of the molecule is CCNC(=NCCCc1nn(-c2ccc(C)cc2)c(N)c1C#N)N1CCC2(CCC2)C1. The predicted molar refractivity (Wildman–Crippen MR) is 124 cm³/mol. The second-order valence-electron chi connectivity index (χ2n) is 8.93. The van der Waals surface area contributed by atoms with Crippen molar-refractivity contribution in [3.63, 3.8) is 0 Å². The van der Waals surface area contributed by atoms with Gasteiger partial charge in [-0.2, -0.15) is 10.4 Å². The minimum Gasteiger partial charge on any atom is -0.382 e. The minimum atomic E-state index is 0.404. The van der Waals surface area contributed by atoms with Gasteiger partial charge in [0.2, 0.25) is 0 Å². The van der Waals surface area contributed by atoms with Crippen LogP contribution in [0.3, 0.4) is 0 Å². The van der Waals surface area contributed by atoms with Crippen molar-refractivity contribution >= 4 is 11.8 Å². The molecule has 2 aromatic rings. The summed E-state index contributed by atoms with van der Waals surface area (Å²) >= 11 is 0. The molecule has 7 heteroatoms. The molecule has 31 heavy (non-hydrogen) atoms. The number of rotatable bonds is 6. The fourth-order valence-electron chi connectivity index (χ4n) is 4.72. The normalized spacial score (nSPS) is 17.6. The van der Waals surface area contributed by atoms with Crippen LogP contribution in [0.25, 0.3) is 5.69 Å². The number of aryl methyl sites for hydroxylation is 2. The van der Waals surface area contributed by atoms with Crippen LogP contribution in [0, 0.1) is 23.7 Å². The van der Waals surface area contributed by atoms with Gasteiger partial charge in [0, 0.05) is 26.2 Å². The highest BCUT2D eigenvalue weighted by atomic mass is 15.3. The number of nitrogens with one attached hydrogen (secondary N) is 1. The van der Waals surface area contributed by atoms with Crippen molar-refractivity contribution in [1.82, 2.24) is 20.0 Å². The molecule has 1 aromatic carbocycles. The lowest BCUT2D eigenvalue weighted by molar-refractivity contribution is 0.151. The quantitative estimate of drug-likeness (QED) is 0.425. The molecule has 2 fully saturated rings. The molecule has 0 bridgehead atoms. The van der Waals surface area contributed by atoms with Crippen molar-refractivity contribution in [2.24, 2.45) is 10.4 Å². The Kier molecular flexibility index (Phi) is 6.17. The second kappa shape index (κ2) is 9.01. The van der Waals surface area contributed by atoms with Crippen LogP contribution in [0.2, 0.25) is 0 Å². The fraction of sp³-hybridized carbons (Fsp3) is 0.542. The highest BCUT2D eigenvalue weighted by molar-refractivity contribution is 5.80. The topological polar surface area (TPSA) is 95.3 Å². The first-order valence-electron chi connectivity index (χ1n) is 11.4. The molecule has 0 atom stereocenters. The van der Waals surface area contributed by atoms with Crippen molar-refractivity contribution in [2.45, 2.75) is 52.4 Å². The zero-order valence-electron chi connectivity index (χ0n) is 18.7. The summed E-state index contributed by atoms with van der Waals surface area (Å²) < 4.78 is 1.67. The van der Waals surface area contributed by atoms with E-state index in [4.69, 9.17) is 10.7 Å². The number of hydrogen-bond donors (Lipinski definition) is 2. The van der Waals surface area contributed by atoms with E-state index in [1.54, 1.807) is 4.68 Å². The Balaban J connectivity index is 1.41. The van der Waals surface area contributed by atoms with Gasteiger partial charge in [-0.3, -0.25) is 4.99 Å². The Morgan fingerprint density at radius 2 is 2.06 bits per heavy atom. The number of likely N-dealkylation sites (tertiary alicyclic amines) is 1. The summed E-state index contributed by atoms with van der Waals surface area (Å²) in [5, 5.41) is 17.7. The number of aromatic nitrogens is 2. The van der Waals surface area contributed by atoms with E-state index in [-0.39, 0.29) is 0 Å². The van der Waals surface area contributed by atoms with Gasteiger partial charge in [0.05, 0.1) is 11.4 Å². The van der Waals surface area contributed by atoms with Crippen LogP contribution in [-0.2, 0) is 6.42 Å². The molecule has 0 radical (unpaired) electrons. The van der Waals surface area contributed by atoms with E-state index in [1.807, 2.05) is 31.2 Å². The number of aliphatic imine (C=N–C) groups is 1. The second-order valence-corrected chi connectivity index (χ2v) is 8.93. The molecule has 4 rings (SSSR count). The lowest BCUT2D eigenvalue weighted by Crippen LogP contribution is -2.42. The van der Waals surface area contributed by atoms with Crippen molar-refractivity contribution in [1.29, 1.82) is 5.26 Å². The van der Waals surface area contributed by atoms with Crippen LogP contribution >= 0.6 is 0 Å². The molecule has 1 aliphatic carbocycles. The van der Waals surface area contributed by atoms with E-state index >= 15 is 0 Å². The molecule has 3 N–H and O–H groups in total. The minimum absolute atomic E-state index is 0.404. The van der Waals surface area contributed by atoms with Gasteiger partial charge in [-0.05, 0) is 63.5 Å². The summed E-state index contributed by atoms with van der Waals surface area (Å²) in [5.74, 6) is 1.43. The number of nitrogens with two attached hydrogens (primary N) is 1. The van der Waals surface area contributed by atoms with Crippen LogP contribution in [0.5, 0.6) is 0 Å². The maximum Gasteiger partial charge on any atom is 0.193 e. The van der Waals surface area contributed by atoms with E-state index in [2.05, 4.69) is 28.3 Å². The van der Waals surface area contributed by atoms with Crippen LogP contribution < -0.4 is 11.1 Å². The van der Waals surface area contributed by atoms with Crippen molar-refractivity contribution in [2.75, 3.05) is 31.9 Å². The van der Waals surface area contributed by atoms with E-state index in [0.29, 0.717) is 29.8 Å². The Bertz CT molecular complexity index is 977. The standard InChI is InChI=1S/C24H33N7/c1-3-27-23(30-15-13-24(17-30)11-5-12-24)28-14-4-6-21-20(16-25)22(26)31(29-21)19-9-7-18(2)8-10-19/h7-10H,3-6,11-15,17,26H2,1-2H3,(H,27,28). The average molecular weight is 420 g/mol. The van der Waals surface area contributed by atoms with Crippen LogP contribution in [0.15, 0.2) is 29.3 Å². The number of hydrogen-bond acceptors (Lipinski definition) is 4. The number of nitriles is 1. The van der Waals surface area contributed by atoms with Gasteiger partial charge in [-0.1, -0.05) is 24.1 Å². The Hall–Kier alpha value is -3.01. The van der Waals surface area contributed by atoms with Gasteiger partial charge >= 0.3 is 0 Å². The predicted octanol–water partition coefficient (Wildman–Crippen LogP) is 3.41. The highest BCUT2D eigenvalue weighted by Crippen LogP contribution is 2.47. The van der Waals surface area contributed by atoms with E-state index in [1.165, 1.54) is 31.2 Å². The molecule has 2 heterocycles. The van der Waals surface area contributed by atoms with Crippen molar-refractivity contribution in [3.05, 3.63) is 41.1 Å². The maximum absolute atomic E-state index is 9.61. The molecular weight excluding hydrogens is 386 g/mol. The molecule has 164 valence electrons. The summed E-state index contributed by atoms with van der Waals surface area (Å²) in [6, 6.07) is 10.2. The third-order valence-electron chi connectivity index (χ3n) is 6.70. The molecule has 1 aromatic heterocycles. The van der Waals surface area contributed by atoms with Gasteiger partial charge in [-0.15, -0.1) is 0 Å². The first-order valence-corrected chi connectivity index (χ1v) is 11.4. The molecule has 0 unspecified atom stereocenters. The largest absolute Gasteiger partial charge is 0.382 e. The number of anilines is 1. The molecular formula is C24H33N7. The lowest BCUT2D eigenvalue weighted by Gasteiger charge is -2.38. The summed E-state index contributed by atoms with van der Waals surface area (Å²) in [6.45, 7) is 7.96. The van der Waals surface area contributed by atoms with Gasteiger partial charge in [0.1, 0.15) is 17.5 Å².